The van der Waals surface area contributed by atoms with Crippen molar-refractivity contribution in [3.8, 4) is 11.5 Å². The van der Waals surface area contributed by atoms with E-state index in [0.717, 1.165) is 22.6 Å². The van der Waals surface area contributed by atoms with E-state index in [2.05, 4.69) is 10.2 Å². The molecule has 0 aliphatic carbocycles. The fraction of sp³-hybridized carbons (Fsp3) is 0.300. The highest BCUT2D eigenvalue weighted by molar-refractivity contribution is 6.65. The van der Waals surface area contributed by atoms with E-state index in [4.69, 9.17) is 30.5 Å². The molecule has 3 rings (SSSR count). The average molecular weight is 389 g/mol. The van der Waals surface area contributed by atoms with Crippen LogP contribution in [0.5, 0.6) is 11.5 Å². The van der Waals surface area contributed by atoms with Gasteiger partial charge in [-0.1, -0.05) is 35.9 Å². The summed E-state index contributed by atoms with van der Waals surface area (Å²) in [5, 5.41) is 8.36. The van der Waals surface area contributed by atoms with Crippen molar-refractivity contribution in [1.82, 2.24) is 0 Å². The average Bonchev–Trinajstić information content (AvgIpc) is 2.72. The van der Waals surface area contributed by atoms with Crippen LogP contribution in [0.2, 0.25) is 0 Å². The molecule has 1 heterocycles. The molecule has 142 valence electrons. The number of rotatable bonds is 7. The molecule has 0 saturated heterocycles. The van der Waals surface area contributed by atoms with Gasteiger partial charge in [-0.3, -0.25) is 0 Å². The highest BCUT2D eigenvalue weighted by Gasteiger charge is 2.24. The van der Waals surface area contributed by atoms with Crippen molar-refractivity contribution < 1.29 is 18.9 Å². The van der Waals surface area contributed by atoms with Crippen LogP contribution in [0.15, 0.2) is 58.7 Å². The zero-order valence-corrected chi connectivity index (χ0v) is 16.0. The van der Waals surface area contributed by atoms with Gasteiger partial charge in [0.25, 0.3) is 0 Å². The molecule has 0 radical (unpaired) electrons. The molecular weight excluding hydrogens is 368 g/mol. The van der Waals surface area contributed by atoms with Crippen molar-refractivity contribution in [2.24, 2.45) is 10.2 Å². The highest BCUT2D eigenvalue weighted by atomic mass is 35.5. The minimum atomic E-state index is -0.379. The smallest absolute Gasteiger partial charge is 0.238 e. The van der Waals surface area contributed by atoms with Crippen LogP contribution in [-0.2, 0) is 22.7 Å². The molecule has 2 aromatic rings. The van der Waals surface area contributed by atoms with Crippen LogP contribution < -0.4 is 9.47 Å². The van der Waals surface area contributed by atoms with Crippen LogP contribution in [0, 0.1) is 0 Å². The molecule has 0 aromatic heterocycles. The Morgan fingerprint density at radius 3 is 1.96 bits per heavy atom. The quantitative estimate of drug-likeness (QED) is 0.714. The van der Waals surface area contributed by atoms with E-state index in [1.165, 1.54) is 0 Å². The van der Waals surface area contributed by atoms with Crippen LogP contribution in [0.25, 0.3) is 0 Å². The summed E-state index contributed by atoms with van der Waals surface area (Å²) in [5.74, 6) is 2.02. The normalized spacial score (nSPS) is 16.3. The van der Waals surface area contributed by atoms with Crippen LogP contribution in [0.4, 0.5) is 0 Å². The van der Waals surface area contributed by atoms with Crippen molar-refractivity contribution in [2.75, 3.05) is 14.2 Å². The summed E-state index contributed by atoms with van der Waals surface area (Å²) < 4.78 is 22.1. The van der Waals surface area contributed by atoms with Gasteiger partial charge in [-0.15, -0.1) is 10.2 Å². The molecule has 0 amide bonds. The maximum atomic E-state index is 6.03. The Bertz CT molecular complexity index is 804. The lowest BCUT2D eigenvalue weighted by molar-refractivity contribution is 0.0670. The maximum absolute atomic E-state index is 6.03. The van der Waals surface area contributed by atoms with Gasteiger partial charge in [0, 0.05) is 6.42 Å². The summed E-state index contributed by atoms with van der Waals surface area (Å²) in [4.78, 5) is 0. The Balaban J connectivity index is 1.59. The van der Waals surface area contributed by atoms with Gasteiger partial charge in [0.1, 0.15) is 29.4 Å². The monoisotopic (exact) mass is 388 g/mol. The minimum Gasteiger partial charge on any atom is -0.497 e. The summed E-state index contributed by atoms with van der Waals surface area (Å²) in [6.07, 6.45) is 0.0504. The second kappa shape index (κ2) is 9.39. The van der Waals surface area contributed by atoms with Gasteiger partial charge in [0.05, 0.1) is 20.8 Å². The lowest BCUT2D eigenvalue weighted by Crippen LogP contribution is -2.30. The first-order valence-corrected chi connectivity index (χ1v) is 8.86. The second-order valence-corrected chi connectivity index (χ2v) is 6.34. The molecule has 7 heteroatoms. The summed E-state index contributed by atoms with van der Waals surface area (Å²) >= 11 is 6.03. The molecule has 2 aromatic carbocycles. The van der Waals surface area contributed by atoms with Gasteiger partial charge in [-0.25, -0.2) is 0 Å². The molecule has 0 N–H and O–H groups in total. The molecule has 6 nitrogen and oxygen atoms in total. The molecule has 0 saturated carbocycles. The molecule has 0 fully saturated rings. The first kappa shape index (κ1) is 19.2. The molecule has 1 unspecified atom stereocenters. The van der Waals surface area contributed by atoms with E-state index in [1.54, 1.807) is 14.2 Å². The van der Waals surface area contributed by atoms with Crippen molar-refractivity contribution in [3.63, 3.8) is 0 Å². The van der Waals surface area contributed by atoms with E-state index in [9.17, 15) is 0 Å². The number of hydrogen-bond donors (Lipinski definition) is 0. The van der Waals surface area contributed by atoms with Gasteiger partial charge >= 0.3 is 0 Å². The number of hydrogen-bond acceptors (Lipinski definition) is 6. The zero-order chi connectivity index (χ0) is 19.1. The predicted octanol–water partition coefficient (Wildman–Crippen LogP) is 4.16. The third-order valence-electron chi connectivity index (χ3n) is 4.04. The predicted molar refractivity (Wildman–Crippen MR) is 105 cm³/mol. The Hall–Kier alpha value is -2.57. The third-order valence-corrected chi connectivity index (χ3v) is 4.27. The zero-order valence-electron chi connectivity index (χ0n) is 15.2. The molecule has 27 heavy (non-hydrogen) atoms. The molecular formula is C20H21ClN2O4. The maximum Gasteiger partial charge on any atom is 0.238 e. The van der Waals surface area contributed by atoms with Gasteiger partial charge in [0.15, 0.2) is 0 Å². The largest absolute Gasteiger partial charge is 0.497 e. The van der Waals surface area contributed by atoms with Crippen LogP contribution >= 0.6 is 11.6 Å². The number of methoxy groups -OCH3 is 2. The Morgan fingerprint density at radius 2 is 1.41 bits per heavy atom. The Kier molecular flexibility index (Phi) is 6.68. The van der Waals surface area contributed by atoms with Crippen LogP contribution in [0.3, 0.4) is 0 Å². The summed E-state index contributed by atoms with van der Waals surface area (Å²) in [6, 6.07) is 15.3. The lowest BCUT2D eigenvalue weighted by Gasteiger charge is -2.21. The van der Waals surface area contributed by atoms with E-state index in [0.29, 0.717) is 30.7 Å². The Morgan fingerprint density at radius 1 is 0.852 bits per heavy atom. The van der Waals surface area contributed by atoms with E-state index < -0.39 is 0 Å². The number of benzene rings is 2. The first-order chi connectivity index (χ1) is 13.2. The molecule has 0 bridgehead atoms. The fourth-order valence-electron chi connectivity index (χ4n) is 2.50. The second-order valence-electron chi connectivity index (χ2n) is 5.90. The topological polar surface area (TPSA) is 61.6 Å². The molecule has 0 spiro atoms. The van der Waals surface area contributed by atoms with Gasteiger partial charge in [-0.2, -0.15) is 0 Å². The number of nitrogens with zero attached hydrogens (tertiary/aromatic N) is 2. The van der Waals surface area contributed by atoms with Gasteiger partial charge < -0.3 is 18.9 Å². The van der Waals surface area contributed by atoms with E-state index in [1.807, 2.05) is 48.5 Å². The van der Waals surface area contributed by atoms with Crippen LogP contribution in [0.1, 0.15) is 17.5 Å². The highest BCUT2D eigenvalue weighted by Crippen LogP contribution is 2.19. The van der Waals surface area contributed by atoms with Crippen LogP contribution in [-0.4, -0.2) is 31.4 Å². The lowest BCUT2D eigenvalue weighted by atomic mass is 10.2. The summed E-state index contributed by atoms with van der Waals surface area (Å²) in [5.41, 5.74) is 2.01. The number of halogens is 1. The van der Waals surface area contributed by atoms with Crippen molar-refractivity contribution in [2.45, 2.75) is 25.7 Å². The number of ether oxygens (including phenoxy) is 4. The first-order valence-electron chi connectivity index (χ1n) is 8.48. The van der Waals surface area contributed by atoms with Crippen molar-refractivity contribution >= 4 is 22.7 Å². The third kappa shape index (κ3) is 5.45. The minimum absolute atomic E-state index is 0.359. The molecule has 1 atom stereocenters. The van der Waals surface area contributed by atoms with Crippen molar-refractivity contribution in [3.05, 3.63) is 59.7 Å². The summed E-state index contributed by atoms with van der Waals surface area (Å²) in [7, 11) is 3.27. The summed E-state index contributed by atoms with van der Waals surface area (Å²) in [6.45, 7) is 0.766. The van der Waals surface area contributed by atoms with Crippen molar-refractivity contribution in [1.29, 1.82) is 0 Å². The Labute approximate surface area is 163 Å². The SMILES string of the molecule is COc1ccc(COC2=NN=C(Cl)CC2OCc2ccc(OC)cc2)cc1. The fourth-order valence-corrected chi connectivity index (χ4v) is 2.68. The molecule has 1 aliphatic heterocycles. The molecule has 1 aliphatic rings. The standard InChI is InChI=1S/C20H21ClN2O4/c1-24-16-7-3-14(4-8-16)12-26-18-11-19(21)22-23-20(18)27-13-15-5-9-17(25-2)10-6-15/h3-10,18H,11-13H2,1-2H3. The van der Waals surface area contributed by atoms with Gasteiger partial charge in [-0.05, 0) is 35.4 Å². The van der Waals surface area contributed by atoms with Gasteiger partial charge in [0.2, 0.25) is 5.90 Å². The van der Waals surface area contributed by atoms with E-state index in [-0.39, 0.29) is 6.10 Å². The van der Waals surface area contributed by atoms with E-state index >= 15 is 0 Å².